The second-order valence-electron chi connectivity index (χ2n) is 6.02. The summed E-state index contributed by atoms with van der Waals surface area (Å²) in [6, 6.07) is 0. The molecule has 0 aromatic carbocycles. The normalized spacial score (nSPS) is 19.4. The Morgan fingerprint density at radius 1 is 1.35 bits per heavy atom. The Bertz CT molecular complexity index is 251. The molecule has 1 aliphatic rings. The smallest absolute Gasteiger partial charge is 0.222 e. The molecule has 1 N–H and O–H groups in total. The van der Waals surface area contributed by atoms with E-state index in [1.54, 1.807) is 4.90 Å². The van der Waals surface area contributed by atoms with Crippen LogP contribution < -0.4 is 0 Å². The monoisotopic (exact) mass is 242 g/mol. The number of amides is 1. The van der Waals surface area contributed by atoms with Crippen LogP contribution in [0.4, 0.5) is 0 Å². The minimum absolute atomic E-state index is 0.228. The number of hydrogen-bond donors (Lipinski definition) is 1. The fraction of sp³-hybridized carbons (Fsp3) is 0.923. The zero-order valence-corrected chi connectivity index (χ0v) is 11.6. The van der Waals surface area contributed by atoms with E-state index in [1.165, 1.54) is 0 Å². The highest BCUT2D eigenvalue weighted by Crippen LogP contribution is 2.22. The van der Waals surface area contributed by atoms with Crippen molar-refractivity contribution in [2.75, 3.05) is 33.7 Å². The number of aliphatic hydroxyl groups is 1. The van der Waals surface area contributed by atoms with Crippen molar-refractivity contribution in [3.05, 3.63) is 0 Å². The van der Waals surface area contributed by atoms with Gasteiger partial charge < -0.3 is 14.9 Å². The first-order valence-corrected chi connectivity index (χ1v) is 6.43. The SMILES string of the molecule is CN(C)C(=O)CC1CCN(CC(C)(C)O)CC1. The van der Waals surface area contributed by atoms with E-state index in [9.17, 15) is 9.90 Å². The molecule has 1 fully saturated rings. The third-order valence-corrected chi connectivity index (χ3v) is 3.28. The number of piperidine rings is 1. The molecule has 0 radical (unpaired) electrons. The average Bonchev–Trinajstić information content (AvgIpc) is 2.18. The predicted molar refractivity (Wildman–Crippen MR) is 68.8 cm³/mol. The fourth-order valence-electron chi connectivity index (χ4n) is 2.33. The van der Waals surface area contributed by atoms with E-state index in [4.69, 9.17) is 0 Å². The molecule has 1 saturated heterocycles. The minimum atomic E-state index is -0.619. The maximum Gasteiger partial charge on any atom is 0.222 e. The van der Waals surface area contributed by atoms with E-state index < -0.39 is 5.60 Å². The lowest BCUT2D eigenvalue weighted by Crippen LogP contribution is -2.43. The quantitative estimate of drug-likeness (QED) is 0.798. The Morgan fingerprint density at radius 2 is 1.88 bits per heavy atom. The molecule has 4 heteroatoms. The first-order chi connectivity index (χ1) is 7.78. The topological polar surface area (TPSA) is 43.8 Å². The largest absolute Gasteiger partial charge is 0.389 e. The van der Waals surface area contributed by atoms with Crippen molar-refractivity contribution in [1.29, 1.82) is 0 Å². The molecule has 0 atom stereocenters. The van der Waals surface area contributed by atoms with Gasteiger partial charge in [0.1, 0.15) is 0 Å². The molecule has 17 heavy (non-hydrogen) atoms. The summed E-state index contributed by atoms with van der Waals surface area (Å²) >= 11 is 0. The maximum atomic E-state index is 11.6. The number of β-amino-alcohol motifs (C(OH)–C–C–N with tert-alkyl or cyclic N) is 1. The van der Waals surface area contributed by atoms with Gasteiger partial charge in [-0.3, -0.25) is 4.79 Å². The third-order valence-electron chi connectivity index (χ3n) is 3.28. The second kappa shape index (κ2) is 5.83. The molecule has 0 spiro atoms. The molecule has 0 unspecified atom stereocenters. The van der Waals surface area contributed by atoms with Gasteiger partial charge in [-0.15, -0.1) is 0 Å². The summed E-state index contributed by atoms with van der Waals surface area (Å²) in [7, 11) is 3.62. The lowest BCUT2D eigenvalue weighted by Gasteiger charge is -2.35. The standard InChI is InChI=1S/C13H26N2O2/c1-13(2,17)10-15-7-5-11(6-8-15)9-12(16)14(3)4/h11,17H,5-10H2,1-4H3. The van der Waals surface area contributed by atoms with Crippen LogP contribution in [0.5, 0.6) is 0 Å². The molecule has 0 bridgehead atoms. The summed E-state index contributed by atoms with van der Waals surface area (Å²) in [6.45, 7) is 6.40. The lowest BCUT2D eigenvalue weighted by atomic mass is 9.92. The van der Waals surface area contributed by atoms with Crippen LogP contribution in [0.15, 0.2) is 0 Å². The van der Waals surface area contributed by atoms with E-state index in [0.29, 0.717) is 12.3 Å². The lowest BCUT2D eigenvalue weighted by molar-refractivity contribution is -0.130. The van der Waals surface area contributed by atoms with Gasteiger partial charge in [0, 0.05) is 27.1 Å². The summed E-state index contributed by atoms with van der Waals surface area (Å²) in [6.07, 6.45) is 2.80. The van der Waals surface area contributed by atoms with Gasteiger partial charge in [0.05, 0.1) is 5.60 Å². The van der Waals surface area contributed by atoms with Gasteiger partial charge in [-0.05, 0) is 45.7 Å². The van der Waals surface area contributed by atoms with E-state index in [-0.39, 0.29) is 5.91 Å². The highest BCUT2D eigenvalue weighted by molar-refractivity contribution is 5.75. The van der Waals surface area contributed by atoms with Crippen LogP contribution >= 0.6 is 0 Å². The average molecular weight is 242 g/mol. The summed E-state index contributed by atoms with van der Waals surface area (Å²) in [4.78, 5) is 15.6. The van der Waals surface area contributed by atoms with Crippen molar-refractivity contribution in [3.63, 3.8) is 0 Å². The number of nitrogens with zero attached hydrogens (tertiary/aromatic N) is 2. The zero-order chi connectivity index (χ0) is 13.1. The molecule has 1 aliphatic heterocycles. The highest BCUT2D eigenvalue weighted by atomic mass is 16.3. The van der Waals surface area contributed by atoms with Crippen molar-refractivity contribution in [3.8, 4) is 0 Å². The molecule has 0 aromatic heterocycles. The summed E-state index contributed by atoms with van der Waals surface area (Å²) in [5.41, 5.74) is -0.619. The minimum Gasteiger partial charge on any atom is -0.389 e. The fourth-order valence-corrected chi connectivity index (χ4v) is 2.33. The van der Waals surface area contributed by atoms with Crippen LogP contribution in [0.1, 0.15) is 33.1 Å². The van der Waals surface area contributed by atoms with Crippen molar-refractivity contribution >= 4 is 5.91 Å². The van der Waals surface area contributed by atoms with Crippen LogP contribution in [-0.2, 0) is 4.79 Å². The van der Waals surface area contributed by atoms with Crippen molar-refractivity contribution < 1.29 is 9.90 Å². The molecule has 1 amide bonds. The molecule has 100 valence electrons. The Kier molecular flexibility index (Phi) is 4.95. The van der Waals surface area contributed by atoms with Gasteiger partial charge in [0.25, 0.3) is 0 Å². The third kappa shape index (κ3) is 5.50. The van der Waals surface area contributed by atoms with Gasteiger partial charge in [-0.2, -0.15) is 0 Å². The Labute approximate surface area is 105 Å². The number of rotatable bonds is 4. The Morgan fingerprint density at radius 3 is 2.29 bits per heavy atom. The van der Waals surface area contributed by atoms with Gasteiger partial charge in [-0.1, -0.05) is 0 Å². The zero-order valence-electron chi connectivity index (χ0n) is 11.6. The van der Waals surface area contributed by atoms with E-state index in [1.807, 2.05) is 27.9 Å². The van der Waals surface area contributed by atoms with Gasteiger partial charge in [0.2, 0.25) is 5.91 Å². The van der Waals surface area contributed by atoms with Crippen LogP contribution in [0.25, 0.3) is 0 Å². The van der Waals surface area contributed by atoms with E-state index in [2.05, 4.69) is 4.90 Å². The molecule has 0 aromatic rings. The van der Waals surface area contributed by atoms with Crippen LogP contribution in [0, 0.1) is 5.92 Å². The summed E-state index contributed by atoms with van der Waals surface area (Å²) < 4.78 is 0. The van der Waals surface area contributed by atoms with Crippen LogP contribution in [0.3, 0.4) is 0 Å². The number of hydrogen-bond acceptors (Lipinski definition) is 3. The van der Waals surface area contributed by atoms with Crippen LogP contribution in [-0.4, -0.2) is 60.1 Å². The number of carbonyl (C=O) groups is 1. The first-order valence-electron chi connectivity index (χ1n) is 6.43. The second-order valence-corrected chi connectivity index (χ2v) is 6.02. The molecule has 0 saturated carbocycles. The van der Waals surface area contributed by atoms with Crippen molar-refractivity contribution in [2.45, 2.75) is 38.7 Å². The summed E-state index contributed by atoms with van der Waals surface area (Å²) in [5, 5.41) is 9.75. The summed E-state index contributed by atoms with van der Waals surface area (Å²) in [5.74, 6) is 0.744. The Hall–Kier alpha value is -0.610. The predicted octanol–water partition coefficient (Wildman–Crippen LogP) is 0.948. The first kappa shape index (κ1) is 14.5. The van der Waals surface area contributed by atoms with Gasteiger partial charge in [-0.25, -0.2) is 0 Å². The van der Waals surface area contributed by atoms with Gasteiger partial charge >= 0.3 is 0 Å². The number of likely N-dealkylation sites (tertiary alicyclic amines) is 1. The Balaban J connectivity index is 2.29. The molecule has 4 nitrogen and oxygen atoms in total. The number of carbonyl (C=O) groups excluding carboxylic acids is 1. The van der Waals surface area contributed by atoms with Crippen molar-refractivity contribution in [1.82, 2.24) is 9.80 Å². The highest BCUT2D eigenvalue weighted by Gasteiger charge is 2.25. The molecule has 1 rings (SSSR count). The molecule has 1 heterocycles. The molecular weight excluding hydrogens is 216 g/mol. The van der Waals surface area contributed by atoms with E-state index in [0.717, 1.165) is 32.5 Å². The van der Waals surface area contributed by atoms with Gasteiger partial charge in [0.15, 0.2) is 0 Å². The van der Waals surface area contributed by atoms with E-state index >= 15 is 0 Å². The molecule has 0 aliphatic carbocycles. The van der Waals surface area contributed by atoms with Crippen molar-refractivity contribution in [2.24, 2.45) is 5.92 Å². The maximum absolute atomic E-state index is 11.6. The molecular formula is C13H26N2O2. The van der Waals surface area contributed by atoms with Crippen LogP contribution in [0.2, 0.25) is 0 Å².